The van der Waals surface area contributed by atoms with Gasteiger partial charge in [-0.05, 0) is 36.9 Å². The molecule has 0 amide bonds. The van der Waals surface area contributed by atoms with Crippen LogP contribution in [-0.4, -0.2) is 46.3 Å². The molecule has 3 heterocycles. The standard InChI is InChI=1S/C21H27N5/c1-3-17-12-22-21-19(13-23-24-21)20(17)25(2)18-10-7-11-26(15-18)14-16-8-5-4-6-9-16/h4-6,8-9,12-13,18H,3,7,10-11,14-15H2,1-2H3,(H,22,23,24). The predicted octanol–water partition coefficient (Wildman–Crippen LogP) is 3.62. The molecule has 0 saturated carbocycles. The molecule has 5 heteroatoms. The third kappa shape index (κ3) is 3.31. The van der Waals surface area contributed by atoms with Gasteiger partial charge < -0.3 is 4.90 Å². The van der Waals surface area contributed by atoms with E-state index < -0.39 is 0 Å². The first-order chi connectivity index (χ1) is 12.8. The normalized spacial score (nSPS) is 18.3. The Morgan fingerprint density at radius 1 is 1.23 bits per heavy atom. The zero-order chi connectivity index (χ0) is 17.9. The Hall–Kier alpha value is -2.40. The highest BCUT2D eigenvalue weighted by Gasteiger charge is 2.26. The van der Waals surface area contributed by atoms with Crippen LogP contribution in [-0.2, 0) is 13.0 Å². The van der Waals surface area contributed by atoms with Crippen LogP contribution in [0.4, 0.5) is 5.69 Å². The molecule has 1 saturated heterocycles. The van der Waals surface area contributed by atoms with E-state index in [0.29, 0.717) is 6.04 Å². The second kappa shape index (κ2) is 7.46. The van der Waals surface area contributed by atoms with Crippen molar-refractivity contribution in [2.24, 2.45) is 0 Å². The fourth-order valence-electron chi connectivity index (χ4n) is 4.12. The minimum Gasteiger partial charge on any atom is -0.369 e. The Morgan fingerprint density at radius 3 is 2.88 bits per heavy atom. The number of pyridine rings is 1. The first-order valence-electron chi connectivity index (χ1n) is 9.56. The van der Waals surface area contributed by atoms with Gasteiger partial charge in [0.05, 0.1) is 17.3 Å². The van der Waals surface area contributed by atoms with Crippen LogP contribution in [0.3, 0.4) is 0 Å². The molecule has 0 aliphatic carbocycles. The highest BCUT2D eigenvalue weighted by molar-refractivity contribution is 5.90. The summed E-state index contributed by atoms with van der Waals surface area (Å²) in [6.07, 6.45) is 7.36. The van der Waals surface area contributed by atoms with Crippen molar-refractivity contribution in [3.05, 3.63) is 53.9 Å². The van der Waals surface area contributed by atoms with Gasteiger partial charge in [-0.1, -0.05) is 37.3 Å². The van der Waals surface area contributed by atoms with E-state index >= 15 is 0 Å². The Morgan fingerprint density at radius 2 is 2.08 bits per heavy atom. The zero-order valence-corrected chi connectivity index (χ0v) is 15.7. The SMILES string of the molecule is CCc1cnc2[nH]ncc2c1N(C)C1CCCN(Cc2ccccc2)C1. The van der Waals surface area contributed by atoms with Gasteiger partial charge in [-0.25, -0.2) is 4.98 Å². The Bertz CT molecular complexity index is 857. The number of H-pyrrole nitrogens is 1. The zero-order valence-electron chi connectivity index (χ0n) is 15.7. The maximum absolute atomic E-state index is 4.52. The van der Waals surface area contributed by atoms with Gasteiger partial charge in [0.1, 0.15) is 0 Å². The van der Waals surface area contributed by atoms with E-state index in [9.17, 15) is 0 Å². The molecular formula is C21H27N5. The molecule has 4 rings (SSSR count). The summed E-state index contributed by atoms with van der Waals surface area (Å²) in [5.41, 5.74) is 4.85. The van der Waals surface area contributed by atoms with Crippen LogP contribution in [0, 0.1) is 0 Å². The fourth-order valence-corrected chi connectivity index (χ4v) is 4.12. The summed E-state index contributed by atoms with van der Waals surface area (Å²) in [4.78, 5) is 9.57. The predicted molar refractivity (Wildman–Crippen MR) is 106 cm³/mol. The molecule has 1 fully saturated rings. The number of likely N-dealkylation sites (tertiary alicyclic amines) is 1. The van der Waals surface area contributed by atoms with E-state index in [0.717, 1.165) is 30.5 Å². The first-order valence-corrected chi connectivity index (χ1v) is 9.56. The van der Waals surface area contributed by atoms with Crippen LogP contribution >= 0.6 is 0 Å². The molecule has 3 aromatic rings. The van der Waals surface area contributed by atoms with E-state index in [-0.39, 0.29) is 0 Å². The van der Waals surface area contributed by atoms with Crippen LogP contribution in [0.1, 0.15) is 30.9 Å². The summed E-state index contributed by atoms with van der Waals surface area (Å²) in [5.74, 6) is 0. The minimum atomic E-state index is 0.512. The molecule has 1 aromatic carbocycles. The van der Waals surface area contributed by atoms with Gasteiger partial charge in [0.15, 0.2) is 5.65 Å². The number of aromatic nitrogens is 3. The highest BCUT2D eigenvalue weighted by atomic mass is 15.2. The lowest BCUT2D eigenvalue weighted by Crippen LogP contribution is -2.46. The third-order valence-electron chi connectivity index (χ3n) is 5.54. The maximum atomic E-state index is 4.52. The number of anilines is 1. The molecule has 136 valence electrons. The molecular weight excluding hydrogens is 322 g/mol. The molecule has 1 aliphatic rings. The molecule has 0 bridgehead atoms. The highest BCUT2D eigenvalue weighted by Crippen LogP contribution is 2.31. The Labute approximate surface area is 155 Å². The number of aromatic amines is 1. The van der Waals surface area contributed by atoms with Crippen LogP contribution < -0.4 is 4.90 Å². The van der Waals surface area contributed by atoms with Gasteiger partial charge >= 0.3 is 0 Å². The lowest BCUT2D eigenvalue weighted by molar-refractivity contribution is 0.199. The summed E-state index contributed by atoms with van der Waals surface area (Å²) < 4.78 is 0. The van der Waals surface area contributed by atoms with Gasteiger partial charge in [-0.15, -0.1) is 0 Å². The number of nitrogens with one attached hydrogen (secondary N) is 1. The maximum Gasteiger partial charge on any atom is 0.157 e. The number of hydrogen-bond acceptors (Lipinski definition) is 4. The lowest BCUT2D eigenvalue weighted by Gasteiger charge is -2.39. The Balaban J connectivity index is 1.56. The van der Waals surface area contributed by atoms with Crippen LogP contribution in [0.15, 0.2) is 42.7 Å². The summed E-state index contributed by atoms with van der Waals surface area (Å²) in [7, 11) is 2.23. The van der Waals surface area contributed by atoms with Crippen molar-refractivity contribution in [2.45, 2.75) is 38.8 Å². The van der Waals surface area contributed by atoms with Crippen molar-refractivity contribution in [2.75, 3.05) is 25.0 Å². The lowest BCUT2D eigenvalue weighted by atomic mass is 10.0. The van der Waals surface area contributed by atoms with Crippen LogP contribution in [0.2, 0.25) is 0 Å². The number of hydrogen-bond donors (Lipinski definition) is 1. The molecule has 1 unspecified atom stereocenters. The van der Waals surface area contributed by atoms with Crippen molar-refractivity contribution in [1.29, 1.82) is 0 Å². The van der Waals surface area contributed by atoms with E-state index in [2.05, 4.69) is 69.3 Å². The van der Waals surface area contributed by atoms with Crippen LogP contribution in [0.5, 0.6) is 0 Å². The van der Waals surface area contributed by atoms with Crippen LogP contribution in [0.25, 0.3) is 11.0 Å². The van der Waals surface area contributed by atoms with Gasteiger partial charge in [-0.2, -0.15) is 5.10 Å². The monoisotopic (exact) mass is 349 g/mol. The average Bonchev–Trinajstić information content (AvgIpc) is 3.16. The second-order valence-electron chi connectivity index (χ2n) is 7.25. The van der Waals surface area contributed by atoms with Gasteiger partial charge in [0.2, 0.25) is 0 Å². The Kier molecular flexibility index (Phi) is 4.89. The topological polar surface area (TPSA) is 48.1 Å². The largest absolute Gasteiger partial charge is 0.369 e. The number of fused-ring (bicyclic) bond motifs is 1. The quantitative estimate of drug-likeness (QED) is 0.764. The number of nitrogens with zero attached hydrogens (tertiary/aromatic N) is 4. The molecule has 1 N–H and O–H groups in total. The average molecular weight is 349 g/mol. The van der Waals surface area contributed by atoms with E-state index in [1.165, 1.54) is 36.2 Å². The summed E-state index contributed by atoms with van der Waals surface area (Å²) in [6.45, 7) is 5.50. The number of likely N-dealkylation sites (N-methyl/N-ethyl adjacent to an activating group) is 1. The molecule has 2 aromatic heterocycles. The molecule has 26 heavy (non-hydrogen) atoms. The second-order valence-corrected chi connectivity index (χ2v) is 7.25. The number of aryl methyl sites for hydroxylation is 1. The van der Waals surface area contributed by atoms with Gasteiger partial charge in [0, 0.05) is 32.4 Å². The molecule has 0 spiro atoms. The third-order valence-corrected chi connectivity index (χ3v) is 5.54. The van der Waals surface area contributed by atoms with E-state index in [1.54, 1.807) is 0 Å². The van der Waals surface area contributed by atoms with Crippen molar-refractivity contribution in [3.63, 3.8) is 0 Å². The van der Waals surface area contributed by atoms with Gasteiger partial charge in [0.25, 0.3) is 0 Å². The van der Waals surface area contributed by atoms with Crippen molar-refractivity contribution in [3.8, 4) is 0 Å². The number of piperidine rings is 1. The fraction of sp³-hybridized carbons (Fsp3) is 0.429. The first kappa shape index (κ1) is 17.0. The summed E-state index contributed by atoms with van der Waals surface area (Å²) in [6, 6.07) is 11.3. The summed E-state index contributed by atoms with van der Waals surface area (Å²) >= 11 is 0. The molecule has 5 nitrogen and oxygen atoms in total. The minimum absolute atomic E-state index is 0.512. The van der Waals surface area contributed by atoms with Gasteiger partial charge in [-0.3, -0.25) is 10.00 Å². The molecule has 0 radical (unpaired) electrons. The van der Waals surface area contributed by atoms with Crippen molar-refractivity contribution < 1.29 is 0 Å². The van der Waals surface area contributed by atoms with E-state index in [1.807, 2.05) is 12.4 Å². The smallest absolute Gasteiger partial charge is 0.157 e. The molecule has 1 aliphatic heterocycles. The van der Waals surface area contributed by atoms with Crippen molar-refractivity contribution >= 4 is 16.7 Å². The molecule has 1 atom stereocenters. The van der Waals surface area contributed by atoms with Crippen molar-refractivity contribution in [1.82, 2.24) is 20.1 Å². The number of rotatable bonds is 5. The van der Waals surface area contributed by atoms with E-state index in [4.69, 9.17) is 0 Å². The summed E-state index contributed by atoms with van der Waals surface area (Å²) in [5, 5.41) is 8.35. The number of benzene rings is 1.